The minimum atomic E-state index is -0.118. The van der Waals surface area contributed by atoms with E-state index in [1.165, 1.54) is 6.42 Å². The fraction of sp³-hybridized carbons (Fsp3) is 0.611. The normalized spacial score (nSPS) is 28.3. The van der Waals surface area contributed by atoms with Crippen molar-refractivity contribution in [2.75, 3.05) is 6.61 Å². The lowest BCUT2D eigenvalue weighted by Crippen LogP contribution is -2.38. The van der Waals surface area contributed by atoms with Crippen LogP contribution in [0.4, 0.5) is 0 Å². The molecule has 1 aliphatic carbocycles. The molecule has 2 atom stereocenters. The van der Waals surface area contributed by atoms with Crippen LogP contribution < -0.4 is 0 Å². The van der Waals surface area contributed by atoms with Crippen LogP contribution in [0.5, 0.6) is 0 Å². The van der Waals surface area contributed by atoms with Crippen LogP contribution in [-0.4, -0.2) is 12.6 Å². The topological polar surface area (TPSA) is 26.3 Å². The molecule has 1 saturated carbocycles. The van der Waals surface area contributed by atoms with E-state index in [0.717, 1.165) is 12.0 Å². The predicted molar refractivity (Wildman–Crippen MR) is 81.4 cm³/mol. The molecule has 20 heavy (non-hydrogen) atoms. The molecule has 0 amide bonds. The molecule has 1 fully saturated rings. The molecule has 110 valence electrons. The van der Waals surface area contributed by atoms with Crippen LogP contribution >= 0.6 is 0 Å². The molecule has 0 aliphatic heterocycles. The smallest absolute Gasteiger partial charge is 0.310 e. The number of carbonyl (C=O) groups is 1. The van der Waals surface area contributed by atoms with E-state index in [4.69, 9.17) is 4.74 Å². The first-order valence-corrected chi connectivity index (χ1v) is 7.55. The lowest BCUT2D eigenvalue weighted by Gasteiger charge is -2.40. The van der Waals surface area contributed by atoms with Gasteiger partial charge in [0, 0.05) is 5.41 Å². The molecule has 0 saturated heterocycles. The highest BCUT2D eigenvalue weighted by atomic mass is 16.5. The van der Waals surface area contributed by atoms with Gasteiger partial charge in [-0.15, -0.1) is 0 Å². The van der Waals surface area contributed by atoms with E-state index in [1.807, 2.05) is 30.3 Å². The van der Waals surface area contributed by atoms with Crippen LogP contribution in [-0.2, 0) is 16.0 Å². The van der Waals surface area contributed by atoms with Gasteiger partial charge < -0.3 is 4.74 Å². The van der Waals surface area contributed by atoms with E-state index in [9.17, 15) is 4.79 Å². The Morgan fingerprint density at radius 1 is 1.25 bits per heavy atom. The largest absolute Gasteiger partial charge is 0.465 e. The van der Waals surface area contributed by atoms with Crippen molar-refractivity contribution in [3.63, 3.8) is 0 Å². The third-order valence-electron chi connectivity index (χ3n) is 5.66. The van der Waals surface area contributed by atoms with Crippen LogP contribution in [0.1, 0.15) is 46.1 Å². The lowest BCUT2D eigenvalue weighted by atomic mass is 9.66. The van der Waals surface area contributed by atoms with Crippen molar-refractivity contribution in [3.05, 3.63) is 35.9 Å². The summed E-state index contributed by atoms with van der Waals surface area (Å²) in [5, 5.41) is 0. The van der Waals surface area contributed by atoms with Crippen molar-refractivity contribution < 1.29 is 9.53 Å². The van der Waals surface area contributed by atoms with E-state index >= 15 is 0 Å². The maximum absolute atomic E-state index is 12.0. The molecule has 1 aliphatic rings. The van der Waals surface area contributed by atoms with E-state index < -0.39 is 0 Å². The standard InChI is InChI=1S/C18H26O2/c1-14-10-11-18(4,17(14,2)3)13-20-16(19)12-15-8-6-5-7-9-15/h5-9,14H,10-13H2,1-4H3/t14-,18-/m0/s1. The number of hydrogen-bond acceptors (Lipinski definition) is 2. The number of hydrogen-bond donors (Lipinski definition) is 0. The minimum absolute atomic E-state index is 0.0960. The molecule has 0 N–H and O–H groups in total. The summed E-state index contributed by atoms with van der Waals surface area (Å²) >= 11 is 0. The maximum Gasteiger partial charge on any atom is 0.310 e. The van der Waals surface area contributed by atoms with Crippen LogP contribution in [0.15, 0.2) is 30.3 Å². The highest BCUT2D eigenvalue weighted by molar-refractivity contribution is 5.72. The third kappa shape index (κ3) is 2.89. The number of esters is 1. The van der Waals surface area contributed by atoms with Gasteiger partial charge in [0.25, 0.3) is 0 Å². The zero-order chi connectivity index (χ0) is 14.8. The first-order valence-electron chi connectivity index (χ1n) is 7.55. The van der Waals surface area contributed by atoms with Gasteiger partial charge in [-0.2, -0.15) is 0 Å². The molecule has 2 rings (SSSR count). The van der Waals surface area contributed by atoms with Crippen molar-refractivity contribution in [1.29, 1.82) is 0 Å². The summed E-state index contributed by atoms with van der Waals surface area (Å²) in [6.07, 6.45) is 2.73. The number of ether oxygens (including phenoxy) is 1. The molecule has 0 spiro atoms. The summed E-state index contributed by atoms with van der Waals surface area (Å²) in [6, 6.07) is 9.78. The zero-order valence-electron chi connectivity index (χ0n) is 13.1. The molecular formula is C18H26O2. The Balaban J connectivity index is 1.91. The molecule has 1 aromatic rings. The Morgan fingerprint density at radius 2 is 1.90 bits per heavy atom. The molecule has 2 heteroatoms. The van der Waals surface area contributed by atoms with Gasteiger partial charge in [-0.05, 0) is 29.7 Å². The Kier molecular flexibility index (Phi) is 4.22. The van der Waals surface area contributed by atoms with Gasteiger partial charge in [-0.25, -0.2) is 0 Å². The van der Waals surface area contributed by atoms with Crippen molar-refractivity contribution >= 4 is 5.97 Å². The molecule has 0 aromatic heterocycles. The second kappa shape index (κ2) is 5.59. The number of benzene rings is 1. The summed E-state index contributed by atoms with van der Waals surface area (Å²) in [5.41, 5.74) is 1.33. The SMILES string of the molecule is C[C@H]1CC[C@@](C)(COC(=O)Cc2ccccc2)C1(C)C. The predicted octanol–water partition coefficient (Wildman–Crippen LogP) is 4.23. The highest BCUT2D eigenvalue weighted by Crippen LogP contribution is 2.55. The monoisotopic (exact) mass is 274 g/mol. The second-order valence-electron chi connectivity index (χ2n) is 7.05. The van der Waals surface area contributed by atoms with Gasteiger partial charge in [-0.3, -0.25) is 4.79 Å². The van der Waals surface area contributed by atoms with Crippen molar-refractivity contribution in [2.24, 2.45) is 16.7 Å². The molecule has 0 bridgehead atoms. The molecular weight excluding hydrogens is 248 g/mol. The second-order valence-corrected chi connectivity index (χ2v) is 7.05. The summed E-state index contributed by atoms with van der Waals surface area (Å²) in [4.78, 5) is 12.0. The average molecular weight is 274 g/mol. The van der Waals surface area contributed by atoms with Gasteiger partial charge >= 0.3 is 5.97 Å². The molecule has 0 heterocycles. The lowest BCUT2D eigenvalue weighted by molar-refractivity contribution is -0.148. The zero-order valence-corrected chi connectivity index (χ0v) is 13.1. The molecule has 1 aromatic carbocycles. The minimum Gasteiger partial charge on any atom is -0.465 e. The van der Waals surface area contributed by atoms with Crippen LogP contribution in [0.2, 0.25) is 0 Å². The summed E-state index contributed by atoms with van der Waals surface area (Å²) in [5.74, 6) is 0.563. The third-order valence-corrected chi connectivity index (χ3v) is 5.66. The fourth-order valence-electron chi connectivity index (χ4n) is 3.12. The summed E-state index contributed by atoms with van der Waals surface area (Å²) in [6.45, 7) is 9.70. The quantitative estimate of drug-likeness (QED) is 0.768. The van der Waals surface area contributed by atoms with E-state index in [2.05, 4.69) is 27.7 Å². The van der Waals surface area contributed by atoms with Gasteiger partial charge in [0.1, 0.15) is 0 Å². The molecule has 2 nitrogen and oxygen atoms in total. The average Bonchev–Trinajstić information content (AvgIpc) is 2.62. The Bertz CT molecular complexity index is 464. The van der Waals surface area contributed by atoms with Gasteiger partial charge in [-0.1, -0.05) is 58.0 Å². The first kappa shape index (κ1) is 15.1. The Hall–Kier alpha value is -1.31. The highest BCUT2D eigenvalue weighted by Gasteiger charge is 2.50. The fourth-order valence-corrected chi connectivity index (χ4v) is 3.12. The van der Waals surface area contributed by atoms with Crippen molar-refractivity contribution in [1.82, 2.24) is 0 Å². The molecule has 0 unspecified atom stereocenters. The summed E-state index contributed by atoms with van der Waals surface area (Å²) in [7, 11) is 0. The van der Waals surface area contributed by atoms with Crippen LogP contribution in [0.3, 0.4) is 0 Å². The molecule has 0 radical (unpaired) electrons. The number of carbonyl (C=O) groups excluding carboxylic acids is 1. The van der Waals surface area contributed by atoms with Crippen molar-refractivity contribution in [2.45, 2.75) is 47.0 Å². The van der Waals surface area contributed by atoms with Gasteiger partial charge in [0.15, 0.2) is 0 Å². The van der Waals surface area contributed by atoms with Gasteiger partial charge in [0.05, 0.1) is 13.0 Å². The van der Waals surface area contributed by atoms with Crippen LogP contribution in [0, 0.1) is 16.7 Å². The summed E-state index contributed by atoms with van der Waals surface area (Å²) < 4.78 is 5.58. The number of rotatable bonds is 4. The Labute approximate surface area is 122 Å². The van der Waals surface area contributed by atoms with E-state index in [1.54, 1.807) is 0 Å². The van der Waals surface area contributed by atoms with E-state index in [-0.39, 0.29) is 16.8 Å². The Morgan fingerprint density at radius 3 is 2.45 bits per heavy atom. The van der Waals surface area contributed by atoms with E-state index in [0.29, 0.717) is 18.9 Å². The van der Waals surface area contributed by atoms with Crippen LogP contribution in [0.25, 0.3) is 0 Å². The maximum atomic E-state index is 12.0. The van der Waals surface area contributed by atoms with Crippen molar-refractivity contribution in [3.8, 4) is 0 Å². The van der Waals surface area contributed by atoms with Gasteiger partial charge in [0.2, 0.25) is 0 Å². The first-order chi connectivity index (χ1) is 9.35.